The van der Waals surface area contributed by atoms with E-state index < -0.39 is 26.8 Å². The van der Waals surface area contributed by atoms with Crippen LogP contribution in [-0.4, -0.2) is 23.9 Å². The molecule has 0 aromatic heterocycles. The van der Waals surface area contributed by atoms with Gasteiger partial charge in [0.1, 0.15) is 15.1 Å². The van der Waals surface area contributed by atoms with Crippen molar-refractivity contribution in [3.63, 3.8) is 0 Å². The summed E-state index contributed by atoms with van der Waals surface area (Å²) in [6.07, 6.45) is 0.604. The monoisotopic (exact) mass is 271 g/mol. The molecule has 0 aliphatic carbocycles. The molecule has 2 N–H and O–H groups in total. The lowest BCUT2D eigenvalue weighted by atomic mass is 10.2. The van der Waals surface area contributed by atoms with Gasteiger partial charge in [0.15, 0.2) is 5.76 Å². The van der Waals surface area contributed by atoms with Crippen LogP contribution in [-0.2, 0) is 9.53 Å². The van der Waals surface area contributed by atoms with Crippen LogP contribution in [0.25, 0.3) is 0 Å². The number of carbonyl (C=O) groups is 1. The van der Waals surface area contributed by atoms with Gasteiger partial charge in [0.05, 0.1) is 6.61 Å². The molecule has 0 heterocycles. The average Bonchev–Trinajstić information content (AvgIpc) is 2.17. The highest BCUT2D eigenvalue weighted by atomic mass is 35.5. The summed E-state index contributed by atoms with van der Waals surface area (Å²) in [4.78, 5) is 11.2. The van der Waals surface area contributed by atoms with Crippen molar-refractivity contribution >= 4 is 47.0 Å². The third-order valence-corrected chi connectivity index (χ3v) is 2.21. The molecule has 0 saturated carbocycles. The van der Waals surface area contributed by atoms with Crippen molar-refractivity contribution in [2.24, 2.45) is 0 Å². The summed E-state index contributed by atoms with van der Waals surface area (Å²) in [5.41, 5.74) is -0.416. The van der Waals surface area contributed by atoms with E-state index >= 15 is 0 Å². The molecule has 4 nitrogen and oxygen atoms in total. The summed E-state index contributed by atoms with van der Waals surface area (Å²) in [7, 11) is 0. The Morgan fingerprint density at radius 3 is 2.33 bits per heavy atom. The number of allylic oxidation sites excluding steroid dienone is 1. The molecular weight excluding hydrogens is 264 g/mol. The standard InChI is InChI=1S/C8H8Cl3NO3/c1-2-15-8(14)4(3-12)6(13)5(9)7(10)11/h3,12-13H,2H2,1H3. The largest absolute Gasteiger partial charge is 0.505 e. The molecule has 0 saturated heterocycles. The van der Waals surface area contributed by atoms with Crippen molar-refractivity contribution < 1.29 is 14.6 Å². The molecule has 0 unspecified atom stereocenters. The summed E-state index contributed by atoms with van der Waals surface area (Å²) < 4.78 is 4.17. The third kappa shape index (κ3) is 4.11. The average molecular weight is 273 g/mol. The van der Waals surface area contributed by atoms with Crippen molar-refractivity contribution in [2.75, 3.05) is 6.61 Å². The Balaban J connectivity index is 5.25. The minimum absolute atomic E-state index is 0.111. The molecular formula is C8H8Cl3NO3. The Bertz CT molecular complexity index is 332. The number of halogens is 3. The van der Waals surface area contributed by atoms with Gasteiger partial charge in [-0.25, -0.2) is 4.79 Å². The zero-order chi connectivity index (χ0) is 12.0. The number of rotatable bonds is 4. The Kier molecular flexibility index (Phi) is 6.40. The summed E-state index contributed by atoms with van der Waals surface area (Å²) in [6, 6.07) is 0. The second-order valence-electron chi connectivity index (χ2n) is 2.20. The molecule has 0 fully saturated rings. The van der Waals surface area contributed by atoms with E-state index in [1.54, 1.807) is 6.92 Å². The summed E-state index contributed by atoms with van der Waals surface area (Å²) in [6.45, 7) is 1.70. The van der Waals surface area contributed by atoms with Gasteiger partial charge < -0.3 is 15.3 Å². The molecule has 0 rings (SSSR count). The molecule has 0 spiro atoms. The minimum atomic E-state index is -0.877. The Morgan fingerprint density at radius 1 is 1.47 bits per heavy atom. The van der Waals surface area contributed by atoms with E-state index in [1.807, 2.05) is 0 Å². The van der Waals surface area contributed by atoms with Crippen LogP contribution >= 0.6 is 34.8 Å². The van der Waals surface area contributed by atoms with Crippen LogP contribution in [0.5, 0.6) is 0 Å². The maximum atomic E-state index is 11.2. The first-order valence-electron chi connectivity index (χ1n) is 3.77. The van der Waals surface area contributed by atoms with Gasteiger partial charge in [-0.3, -0.25) is 0 Å². The predicted octanol–water partition coefficient (Wildman–Crippen LogP) is 2.90. The first kappa shape index (κ1) is 14.3. The normalized spacial score (nSPS) is 11.5. The molecule has 0 aliphatic rings. The second-order valence-corrected chi connectivity index (χ2v) is 3.53. The highest BCUT2D eigenvalue weighted by Gasteiger charge is 2.17. The second kappa shape index (κ2) is 6.71. The van der Waals surface area contributed by atoms with Crippen molar-refractivity contribution in [3.8, 4) is 0 Å². The number of hydrogen-bond donors (Lipinski definition) is 2. The Morgan fingerprint density at radius 2 is 2.00 bits per heavy atom. The van der Waals surface area contributed by atoms with E-state index in [0.717, 1.165) is 0 Å². The van der Waals surface area contributed by atoms with Crippen molar-refractivity contribution in [1.82, 2.24) is 0 Å². The van der Waals surface area contributed by atoms with Gasteiger partial charge in [-0.2, -0.15) is 0 Å². The summed E-state index contributed by atoms with van der Waals surface area (Å²) >= 11 is 16.1. The van der Waals surface area contributed by atoms with E-state index in [4.69, 9.17) is 40.2 Å². The number of hydrogen-bond acceptors (Lipinski definition) is 4. The quantitative estimate of drug-likeness (QED) is 0.272. The first-order valence-corrected chi connectivity index (χ1v) is 4.91. The lowest BCUT2D eigenvalue weighted by Crippen LogP contribution is -2.11. The topological polar surface area (TPSA) is 70.4 Å². The minimum Gasteiger partial charge on any atom is -0.505 e. The molecule has 0 aromatic carbocycles. The number of esters is 1. The molecule has 15 heavy (non-hydrogen) atoms. The van der Waals surface area contributed by atoms with Gasteiger partial charge in [-0.05, 0) is 6.92 Å². The van der Waals surface area contributed by atoms with Crippen LogP contribution < -0.4 is 0 Å². The molecule has 0 radical (unpaired) electrons. The van der Waals surface area contributed by atoms with Gasteiger partial charge in [0.2, 0.25) is 0 Å². The molecule has 0 amide bonds. The van der Waals surface area contributed by atoms with E-state index in [-0.39, 0.29) is 6.61 Å². The fourth-order valence-corrected chi connectivity index (χ4v) is 0.921. The fraction of sp³-hybridized carbons (Fsp3) is 0.250. The zero-order valence-electron chi connectivity index (χ0n) is 7.68. The molecule has 0 atom stereocenters. The third-order valence-electron chi connectivity index (χ3n) is 1.27. The van der Waals surface area contributed by atoms with Crippen LogP contribution in [0.3, 0.4) is 0 Å². The van der Waals surface area contributed by atoms with Crippen LogP contribution in [0.2, 0.25) is 0 Å². The van der Waals surface area contributed by atoms with Crippen molar-refractivity contribution in [3.05, 3.63) is 20.9 Å². The molecule has 0 aliphatic heterocycles. The maximum absolute atomic E-state index is 11.2. The molecule has 0 aromatic rings. The molecule has 84 valence electrons. The first-order chi connectivity index (χ1) is 6.95. The smallest absolute Gasteiger partial charge is 0.343 e. The van der Waals surface area contributed by atoms with Crippen LogP contribution in [0, 0.1) is 5.41 Å². The van der Waals surface area contributed by atoms with E-state index in [9.17, 15) is 9.90 Å². The highest BCUT2D eigenvalue weighted by molar-refractivity contribution is 6.60. The van der Waals surface area contributed by atoms with Gasteiger partial charge in [-0.1, -0.05) is 34.8 Å². The van der Waals surface area contributed by atoms with E-state index in [1.165, 1.54) is 0 Å². The Labute approximate surface area is 102 Å². The van der Waals surface area contributed by atoms with Crippen LogP contribution in [0.4, 0.5) is 0 Å². The van der Waals surface area contributed by atoms with E-state index in [2.05, 4.69) is 4.74 Å². The van der Waals surface area contributed by atoms with E-state index in [0.29, 0.717) is 6.21 Å². The van der Waals surface area contributed by atoms with Gasteiger partial charge in [-0.15, -0.1) is 0 Å². The lowest BCUT2D eigenvalue weighted by molar-refractivity contribution is -0.138. The summed E-state index contributed by atoms with van der Waals surface area (Å²) in [5.74, 6) is -1.57. The number of ether oxygens (including phenoxy) is 1. The zero-order valence-corrected chi connectivity index (χ0v) is 9.95. The number of carbonyl (C=O) groups excluding carboxylic acids is 1. The van der Waals surface area contributed by atoms with Crippen molar-refractivity contribution in [2.45, 2.75) is 6.92 Å². The molecule has 0 bridgehead atoms. The number of aliphatic hydroxyl groups excluding tert-OH is 1. The fourth-order valence-electron chi connectivity index (χ4n) is 0.641. The highest BCUT2D eigenvalue weighted by Crippen LogP contribution is 2.25. The van der Waals surface area contributed by atoms with Gasteiger partial charge >= 0.3 is 5.97 Å². The molecule has 7 heteroatoms. The van der Waals surface area contributed by atoms with Crippen LogP contribution in [0.1, 0.15) is 6.92 Å². The maximum Gasteiger partial charge on any atom is 0.343 e. The lowest BCUT2D eigenvalue weighted by Gasteiger charge is -2.04. The predicted molar refractivity (Wildman–Crippen MR) is 59.7 cm³/mol. The van der Waals surface area contributed by atoms with Gasteiger partial charge in [0, 0.05) is 6.21 Å². The Hall–Kier alpha value is -0.710. The summed E-state index contributed by atoms with van der Waals surface area (Å²) in [5, 5.41) is 15.9. The number of aliphatic hydroxyl groups is 1. The van der Waals surface area contributed by atoms with Crippen molar-refractivity contribution in [1.29, 1.82) is 5.41 Å². The van der Waals surface area contributed by atoms with Gasteiger partial charge in [0.25, 0.3) is 0 Å². The number of nitrogens with one attached hydrogen (secondary N) is 1. The van der Waals surface area contributed by atoms with Crippen LogP contribution in [0.15, 0.2) is 20.9 Å². The SMILES string of the molecule is CCOC(=O)C(C=N)=C(O)C(Cl)=C(Cl)Cl.